The van der Waals surface area contributed by atoms with Gasteiger partial charge in [0.1, 0.15) is 12.1 Å². The smallest absolute Gasteiger partial charge is 0.416 e. The van der Waals surface area contributed by atoms with Crippen LogP contribution in [0.1, 0.15) is 54.4 Å². The predicted molar refractivity (Wildman–Crippen MR) is 112 cm³/mol. The van der Waals surface area contributed by atoms with E-state index < -0.39 is 54.2 Å². The van der Waals surface area contributed by atoms with Crippen molar-refractivity contribution in [1.29, 1.82) is 0 Å². The maximum Gasteiger partial charge on any atom is 0.416 e. The zero-order chi connectivity index (χ0) is 24.8. The summed E-state index contributed by atoms with van der Waals surface area (Å²) in [6.45, 7) is 10.5. The van der Waals surface area contributed by atoms with E-state index >= 15 is 0 Å². The molecule has 8 nitrogen and oxygen atoms in total. The van der Waals surface area contributed by atoms with E-state index in [9.17, 15) is 32.7 Å². The maximum absolute atomic E-state index is 13.1. The average molecular weight is 468 g/mol. The third-order valence-corrected chi connectivity index (χ3v) is 5.30. The van der Waals surface area contributed by atoms with E-state index in [-0.39, 0.29) is 31.4 Å². The Labute approximate surface area is 187 Å². The summed E-state index contributed by atoms with van der Waals surface area (Å²) < 4.78 is 44.1. The van der Waals surface area contributed by atoms with E-state index in [1.54, 1.807) is 13.8 Å². The van der Waals surface area contributed by atoms with Crippen molar-refractivity contribution in [1.82, 2.24) is 15.5 Å². The Kier molecular flexibility index (Phi) is 10.2. The molecule has 0 aliphatic carbocycles. The van der Waals surface area contributed by atoms with Crippen LogP contribution in [0.2, 0.25) is 0 Å². The zero-order valence-corrected chi connectivity index (χ0v) is 19.5. The fraction of sp³-hybridized carbons (Fsp3) is 0.857. The molecule has 1 fully saturated rings. The van der Waals surface area contributed by atoms with Crippen LogP contribution in [0.5, 0.6) is 0 Å². The van der Waals surface area contributed by atoms with Gasteiger partial charge in [-0.2, -0.15) is 13.2 Å². The van der Waals surface area contributed by atoms with Crippen LogP contribution in [0.4, 0.5) is 18.0 Å². The fourth-order valence-corrected chi connectivity index (χ4v) is 3.48. The van der Waals surface area contributed by atoms with Gasteiger partial charge in [0, 0.05) is 6.54 Å². The summed E-state index contributed by atoms with van der Waals surface area (Å²) in [5.74, 6) is -2.16. The van der Waals surface area contributed by atoms with Crippen LogP contribution in [0.25, 0.3) is 0 Å². The second-order valence-electron chi connectivity index (χ2n) is 9.31. The number of alkyl carbamates (subject to hydrolysis) is 1. The average Bonchev–Trinajstić information content (AvgIpc) is 3.16. The molecule has 0 aromatic rings. The van der Waals surface area contributed by atoms with Crippen molar-refractivity contribution in [3.8, 4) is 0 Å². The SMILES string of the molecule is CC(C)COC(=O)N[C@H](C(=O)N1CCC[C@H]1C(=O)NC(C(C)C)C(O)C(F)(F)F)C(C)C. The van der Waals surface area contributed by atoms with E-state index in [0.717, 1.165) is 0 Å². The Morgan fingerprint density at radius 1 is 1.06 bits per heavy atom. The molecule has 0 saturated carbocycles. The molecule has 4 atom stereocenters. The number of nitrogens with one attached hydrogen (secondary N) is 2. The molecule has 0 aromatic heterocycles. The van der Waals surface area contributed by atoms with Gasteiger partial charge >= 0.3 is 12.3 Å². The normalized spacial score (nSPS) is 19.8. The molecule has 1 aliphatic rings. The Morgan fingerprint density at radius 2 is 1.66 bits per heavy atom. The van der Waals surface area contributed by atoms with Crippen molar-refractivity contribution < 1.29 is 37.4 Å². The molecule has 32 heavy (non-hydrogen) atoms. The third-order valence-electron chi connectivity index (χ3n) is 5.30. The first-order valence-corrected chi connectivity index (χ1v) is 11.0. The predicted octanol–water partition coefficient (Wildman–Crippen LogP) is 2.45. The molecule has 186 valence electrons. The molecule has 0 radical (unpaired) electrons. The highest BCUT2D eigenvalue weighted by Gasteiger charge is 2.46. The summed E-state index contributed by atoms with van der Waals surface area (Å²) in [4.78, 5) is 39.3. The highest BCUT2D eigenvalue weighted by atomic mass is 19.4. The number of aliphatic hydroxyl groups excluding tert-OH is 1. The lowest BCUT2D eigenvalue weighted by molar-refractivity contribution is -0.215. The van der Waals surface area contributed by atoms with Crippen LogP contribution in [0.3, 0.4) is 0 Å². The topological polar surface area (TPSA) is 108 Å². The zero-order valence-electron chi connectivity index (χ0n) is 19.5. The highest BCUT2D eigenvalue weighted by Crippen LogP contribution is 2.27. The number of amides is 3. The number of aliphatic hydroxyl groups is 1. The molecule has 3 N–H and O–H groups in total. The van der Waals surface area contributed by atoms with Crippen molar-refractivity contribution in [2.24, 2.45) is 17.8 Å². The number of ether oxygens (including phenoxy) is 1. The first-order valence-electron chi connectivity index (χ1n) is 11.0. The van der Waals surface area contributed by atoms with Gasteiger partial charge in [0.05, 0.1) is 12.6 Å². The molecule has 1 aliphatic heterocycles. The lowest BCUT2D eigenvalue weighted by Crippen LogP contribution is -2.59. The summed E-state index contributed by atoms with van der Waals surface area (Å²) >= 11 is 0. The van der Waals surface area contributed by atoms with Crippen LogP contribution in [0, 0.1) is 17.8 Å². The number of rotatable bonds is 9. The van der Waals surface area contributed by atoms with Crippen LogP contribution in [0.15, 0.2) is 0 Å². The molecule has 0 bridgehead atoms. The number of nitrogens with zero attached hydrogens (tertiary/aromatic N) is 1. The minimum absolute atomic E-state index is 0.113. The van der Waals surface area contributed by atoms with E-state index in [2.05, 4.69) is 10.6 Å². The molecule has 1 saturated heterocycles. The van der Waals surface area contributed by atoms with Crippen molar-refractivity contribution in [3.05, 3.63) is 0 Å². The number of carbonyl (C=O) groups excluding carboxylic acids is 3. The van der Waals surface area contributed by atoms with Gasteiger partial charge in [-0.05, 0) is 30.6 Å². The quantitative estimate of drug-likeness (QED) is 0.483. The Balaban J connectivity index is 2.93. The summed E-state index contributed by atoms with van der Waals surface area (Å²) in [6, 6.07) is -3.49. The molecule has 1 rings (SSSR count). The number of alkyl halides is 3. The first-order chi connectivity index (χ1) is 14.7. The Bertz CT molecular complexity index is 655. The van der Waals surface area contributed by atoms with E-state index in [1.807, 2.05) is 13.8 Å². The number of hydrogen-bond acceptors (Lipinski definition) is 5. The number of hydrogen-bond donors (Lipinski definition) is 3. The number of carbonyl (C=O) groups is 3. The Hall–Kier alpha value is -2.04. The van der Waals surface area contributed by atoms with E-state index in [4.69, 9.17) is 4.74 Å². The van der Waals surface area contributed by atoms with Gasteiger partial charge in [0.15, 0.2) is 6.10 Å². The van der Waals surface area contributed by atoms with Gasteiger partial charge in [-0.3, -0.25) is 9.59 Å². The van der Waals surface area contributed by atoms with Gasteiger partial charge in [0.2, 0.25) is 11.8 Å². The largest absolute Gasteiger partial charge is 0.449 e. The minimum atomic E-state index is -4.89. The van der Waals surface area contributed by atoms with Gasteiger partial charge < -0.3 is 25.4 Å². The second kappa shape index (κ2) is 11.7. The molecule has 11 heteroatoms. The molecule has 3 amide bonds. The van der Waals surface area contributed by atoms with Crippen molar-refractivity contribution in [2.45, 2.75) is 84.8 Å². The molecule has 2 unspecified atom stereocenters. The van der Waals surface area contributed by atoms with Crippen LogP contribution in [-0.4, -0.2) is 71.5 Å². The summed E-state index contributed by atoms with van der Waals surface area (Å²) in [5.41, 5.74) is 0. The van der Waals surface area contributed by atoms with Gasteiger partial charge in [0.25, 0.3) is 0 Å². The highest BCUT2D eigenvalue weighted by molar-refractivity contribution is 5.92. The van der Waals surface area contributed by atoms with Gasteiger partial charge in [-0.1, -0.05) is 41.5 Å². The lowest BCUT2D eigenvalue weighted by Gasteiger charge is -2.33. The molecular formula is C21H36F3N3O5. The van der Waals surface area contributed by atoms with Gasteiger partial charge in [-0.15, -0.1) is 0 Å². The number of likely N-dealkylation sites (tertiary alicyclic amines) is 1. The molecule has 1 heterocycles. The third kappa shape index (κ3) is 7.83. The van der Waals surface area contributed by atoms with Gasteiger partial charge in [-0.25, -0.2) is 4.79 Å². The van der Waals surface area contributed by atoms with Crippen molar-refractivity contribution in [3.63, 3.8) is 0 Å². The summed E-state index contributed by atoms with van der Waals surface area (Å²) in [6.07, 6.45) is -7.61. The van der Waals surface area contributed by atoms with Crippen molar-refractivity contribution >= 4 is 17.9 Å². The minimum Gasteiger partial charge on any atom is -0.449 e. The standard InChI is InChI=1S/C21H36F3N3O5/c1-11(2)10-32-20(31)26-16(13(5)6)19(30)27-9-7-8-14(27)18(29)25-15(12(3)4)17(28)21(22,23)24/h11-17,28H,7-10H2,1-6H3,(H,25,29)(H,26,31)/t14-,15?,16-,17?/m0/s1. The summed E-state index contributed by atoms with van der Waals surface area (Å²) in [7, 11) is 0. The van der Waals surface area contributed by atoms with Crippen molar-refractivity contribution in [2.75, 3.05) is 13.2 Å². The number of halogens is 3. The summed E-state index contributed by atoms with van der Waals surface area (Å²) in [5, 5.41) is 14.5. The van der Waals surface area contributed by atoms with Crippen LogP contribution < -0.4 is 10.6 Å². The Morgan fingerprint density at radius 3 is 2.12 bits per heavy atom. The second-order valence-corrected chi connectivity index (χ2v) is 9.31. The van der Waals surface area contributed by atoms with Crippen LogP contribution >= 0.6 is 0 Å². The van der Waals surface area contributed by atoms with Crippen LogP contribution in [-0.2, 0) is 14.3 Å². The molecular weight excluding hydrogens is 431 g/mol. The van der Waals surface area contributed by atoms with E-state index in [0.29, 0.717) is 6.42 Å². The lowest BCUT2D eigenvalue weighted by atomic mass is 9.97. The van der Waals surface area contributed by atoms with E-state index in [1.165, 1.54) is 18.7 Å². The fourth-order valence-electron chi connectivity index (χ4n) is 3.48. The monoisotopic (exact) mass is 467 g/mol. The first kappa shape index (κ1) is 28.0. The molecule has 0 spiro atoms. The maximum atomic E-state index is 13.1. The molecule has 0 aromatic carbocycles.